The van der Waals surface area contributed by atoms with Gasteiger partial charge in [0.05, 0.1) is 11.0 Å². The van der Waals surface area contributed by atoms with E-state index in [4.69, 9.17) is 4.74 Å². The molecule has 0 saturated heterocycles. The Kier molecular flexibility index (Phi) is 4.51. The van der Waals surface area contributed by atoms with Crippen molar-refractivity contribution in [2.75, 3.05) is 6.61 Å². The smallest absolute Gasteiger partial charge is 0.258 e. The maximum absolute atomic E-state index is 12.0. The fraction of sp³-hybridized carbons (Fsp3) is 0.263. The highest BCUT2D eigenvalue weighted by atomic mass is 16.5. The Morgan fingerprint density at radius 3 is 2.79 bits per heavy atom. The largest absolute Gasteiger partial charge is 0.484 e. The first-order valence-electron chi connectivity index (χ1n) is 7.91. The second kappa shape index (κ2) is 6.74. The average molecular weight is 323 g/mol. The van der Waals surface area contributed by atoms with Gasteiger partial charge in [-0.3, -0.25) is 4.79 Å². The summed E-state index contributed by atoms with van der Waals surface area (Å²) in [6, 6.07) is 13.7. The molecular formula is C19H21N3O2. The number of nitrogens with zero attached hydrogens (tertiary/aromatic N) is 2. The topological polar surface area (TPSA) is 56.1 Å². The Hall–Kier alpha value is -2.82. The van der Waals surface area contributed by atoms with E-state index in [-0.39, 0.29) is 12.5 Å². The molecular weight excluding hydrogens is 302 g/mol. The molecule has 1 N–H and O–H groups in total. The van der Waals surface area contributed by atoms with Gasteiger partial charge >= 0.3 is 0 Å². The van der Waals surface area contributed by atoms with Crippen LogP contribution in [0.3, 0.4) is 0 Å². The number of imidazole rings is 1. The number of carbonyl (C=O) groups excluding carboxylic acids is 1. The molecule has 0 saturated carbocycles. The second-order valence-corrected chi connectivity index (χ2v) is 5.87. The first-order chi connectivity index (χ1) is 11.5. The van der Waals surface area contributed by atoms with E-state index in [1.165, 1.54) is 0 Å². The molecule has 0 fully saturated rings. The molecule has 1 aromatic heterocycles. The summed E-state index contributed by atoms with van der Waals surface area (Å²) in [6.45, 7) is 4.40. The molecule has 2 aromatic carbocycles. The molecule has 1 heterocycles. The van der Waals surface area contributed by atoms with Gasteiger partial charge in [-0.05, 0) is 43.2 Å². The van der Waals surface area contributed by atoms with Crippen LogP contribution in [-0.4, -0.2) is 22.1 Å². The number of aryl methyl sites for hydroxylation is 3. The molecule has 0 aliphatic heterocycles. The van der Waals surface area contributed by atoms with E-state index in [1.807, 2.05) is 67.9 Å². The normalized spacial score (nSPS) is 10.8. The number of hydrogen-bond donors (Lipinski definition) is 1. The van der Waals surface area contributed by atoms with Crippen molar-refractivity contribution in [2.45, 2.75) is 20.4 Å². The van der Waals surface area contributed by atoms with Crippen LogP contribution in [0.1, 0.15) is 17.0 Å². The summed E-state index contributed by atoms with van der Waals surface area (Å²) in [4.78, 5) is 16.5. The zero-order valence-electron chi connectivity index (χ0n) is 14.2. The van der Waals surface area contributed by atoms with Gasteiger partial charge < -0.3 is 14.6 Å². The predicted octanol–water partition coefficient (Wildman–Crippen LogP) is 2.89. The van der Waals surface area contributed by atoms with E-state index >= 15 is 0 Å². The van der Waals surface area contributed by atoms with E-state index in [0.717, 1.165) is 33.7 Å². The van der Waals surface area contributed by atoms with Crippen LogP contribution < -0.4 is 10.1 Å². The molecule has 0 bridgehead atoms. The highest BCUT2D eigenvalue weighted by molar-refractivity contribution is 5.79. The van der Waals surface area contributed by atoms with Crippen LogP contribution in [0.25, 0.3) is 11.0 Å². The van der Waals surface area contributed by atoms with Gasteiger partial charge in [-0.25, -0.2) is 4.98 Å². The average Bonchev–Trinajstić information content (AvgIpc) is 2.86. The zero-order valence-corrected chi connectivity index (χ0v) is 14.2. The molecule has 0 unspecified atom stereocenters. The van der Waals surface area contributed by atoms with Crippen molar-refractivity contribution in [1.82, 2.24) is 14.9 Å². The molecule has 0 aliphatic rings. The van der Waals surface area contributed by atoms with E-state index in [2.05, 4.69) is 10.3 Å². The van der Waals surface area contributed by atoms with Gasteiger partial charge in [-0.1, -0.05) is 24.3 Å². The molecule has 3 rings (SSSR count). The van der Waals surface area contributed by atoms with E-state index in [1.54, 1.807) is 0 Å². The number of ether oxygens (including phenoxy) is 1. The van der Waals surface area contributed by atoms with Gasteiger partial charge in [0.25, 0.3) is 5.91 Å². The summed E-state index contributed by atoms with van der Waals surface area (Å²) in [6.07, 6.45) is 0. The van der Waals surface area contributed by atoms with Gasteiger partial charge in [-0.15, -0.1) is 0 Å². The Bertz CT molecular complexity index is 883. The summed E-state index contributed by atoms with van der Waals surface area (Å²) in [7, 11) is 2.00. The molecule has 5 heteroatoms. The van der Waals surface area contributed by atoms with Crippen molar-refractivity contribution >= 4 is 16.9 Å². The molecule has 0 aliphatic carbocycles. The standard InChI is InChI=1S/C19H21N3O2/c1-13-6-4-5-7-18(13)24-12-19(23)20-11-15-8-9-17-16(10-15)21-14(2)22(17)3/h4-10H,11-12H2,1-3H3,(H,20,23). The van der Waals surface area contributed by atoms with Gasteiger partial charge in [0.15, 0.2) is 6.61 Å². The number of aromatic nitrogens is 2. The van der Waals surface area contributed by atoms with Crippen LogP contribution in [0, 0.1) is 13.8 Å². The third kappa shape index (κ3) is 3.40. The first kappa shape index (κ1) is 16.1. The zero-order chi connectivity index (χ0) is 17.1. The number of nitrogens with one attached hydrogen (secondary N) is 1. The molecule has 124 valence electrons. The fourth-order valence-electron chi connectivity index (χ4n) is 2.59. The number of para-hydroxylation sites is 1. The van der Waals surface area contributed by atoms with E-state index < -0.39 is 0 Å². The lowest BCUT2D eigenvalue weighted by molar-refractivity contribution is -0.123. The molecule has 5 nitrogen and oxygen atoms in total. The minimum Gasteiger partial charge on any atom is -0.484 e. The molecule has 3 aromatic rings. The van der Waals surface area contributed by atoms with Crippen molar-refractivity contribution in [3.63, 3.8) is 0 Å². The lowest BCUT2D eigenvalue weighted by atomic mass is 10.2. The van der Waals surface area contributed by atoms with Gasteiger partial charge in [0, 0.05) is 13.6 Å². The Morgan fingerprint density at radius 1 is 1.21 bits per heavy atom. The van der Waals surface area contributed by atoms with Crippen LogP contribution >= 0.6 is 0 Å². The van der Waals surface area contributed by atoms with Crippen LogP contribution in [0.2, 0.25) is 0 Å². The predicted molar refractivity (Wildman–Crippen MR) is 94.0 cm³/mol. The third-order valence-corrected chi connectivity index (χ3v) is 4.11. The van der Waals surface area contributed by atoms with Gasteiger partial charge in [0.2, 0.25) is 0 Å². The van der Waals surface area contributed by atoms with Gasteiger partial charge in [0.1, 0.15) is 11.6 Å². The Labute approximate surface area is 141 Å². The SMILES string of the molecule is Cc1ccccc1OCC(=O)NCc1ccc2c(c1)nc(C)n2C. The number of rotatable bonds is 5. The fourth-order valence-corrected chi connectivity index (χ4v) is 2.59. The number of fused-ring (bicyclic) bond motifs is 1. The lowest BCUT2D eigenvalue weighted by Gasteiger charge is -2.09. The van der Waals surface area contributed by atoms with Crippen LogP contribution in [0.5, 0.6) is 5.75 Å². The molecule has 0 atom stereocenters. The number of benzene rings is 2. The summed E-state index contributed by atoms with van der Waals surface area (Å²) < 4.78 is 7.60. The van der Waals surface area contributed by atoms with Crippen molar-refractivity contribution in [3.8, 4) is 5.75 Å². The third-order valence-electron chi connectivity index (χ3n) is 4.11. The highest BCUT2D eigenvalue weighted by Crippen LogP contribution is 2.17. The van der Waals surface area contributed by atoms with Crippen molar-refractivity contribution in [1.29, 1.82) is 0 Å². The minimum absolute atomic E-state index is 0.00972. The number of hydrogen-bond acceptors (Lipinski definition) is 3. The second-order valence-electron chi connectivity index (χ2n) is 5.87. The van der Waals surface area contributed by atoms with Gasteiger partial charge in [-0.2, -0.15) is 0 Å². The summed E-state index contributed by atoms with van der Waals surface area (Å²) >= 11 is 0. The Morgan fingerprint density at radius 2 is 2.00 bits per heavy atom. The van der Waals surface area contributed by atoms with Crippen LogP contribution in [0.4, 0.5) is 0 Å². The maximum atomic E-state index is 12.0. The van der Waals surface area contributed by atoms with Crippen LogP contribution in [0.15, 0.2) is 42.5 Å². The first-order valence-corrected chi connectivity index (χ1v) is 7.91. The monoisotopic (exact) mass is 323 g/mol. The summed E-state index contributed by atoms with van der Waals surface area (Å²) in [5, 5.41) is 2.88. The summed E-state index contributed by atoms with van der Waals surface area (Å²) in [5.74, 6) is 1.56. The van der Waals surface area contributed by atoms with E-state index in [0.29, 0.717) is 6.54 Å². The summed E-state index contributed by atoms with van der Waals surface area (Å²) in [5.41, 5.74) is 4.06. The van der Waals surface area contributed by atoms with Crippen molar-refractivity contribution in [2.24, 2.45) is 7.05 Å². The quantitative estimate of drug-likeness (QED) is 0.785. The minimum atomic E-state index is -0.143. The molecule has 0 spiro atoms. The number of amides is 1. The molecule has 1 amide bonds. The Balaban J connectivity index is 1.57. The van der Waals surface area contributed by atoms with E-state index in [9.17, 15) is 4.79 Å². The highest BCUT2D eigenvalue weighted by Gasteiger charge is 2.07. The van der Waals surface area contributed by atoms with Crippen LogP contribution in [-0.2, 0) is 18.4 Å². The molecule has 0 radical (unpaired) electrons. The molecule has 24 heavy (non-hydrogen) atoms. The lowest BCUT2D eigenvalue weighted by Crippen LogP contribution is -2.28. The number of carbonyl (C=O) groups is 1. The van der Waals surface area contributed by atoms with Crippen molar-refractivity contribution < 1.29 is 9.53 Å². The van der Waals surface area contributed by atoms with Crippen molar-refractivity contribution in [3.05, 3.63) is 59.4 Å². The maximum Gasteiger partial charge on any atom is 0.258 e.